The van der Waals surface area contributed by atoms with E-state index in [-0.39, 0.29) is 0 Å². The summed E-state index contributed by atoms with van der Waals surface area (Å²) in [6.45, 7) is 1.75. The number of benzene rings is 1. The van der Waals surface area contributed by atoms with Gasteiger partial charge in [0.05, 0.1) is 5.39 Å². The maximum absolute atomic E-state index is 5.85. The lowest BCUT2D eigenvalue weighted by atomic mass is 10.1. The largest absolute Gasteiger partial charge is 0.399 e. The highest BCUT2D eigenvalue weighted by Gasteiger charge is 2.22. The van der Waals surface area contributed by atoms with Gasteiger partial charge in [-0.25, -0.2) is 9.97 Å². The van der Waals surface area contributed by atoms with Crippen LogP contribution in [0.5, 0.6) is 0 Å². The number of hydrogen-bond donors (Lipinski definition) is 1. The molecule has 1 aliphatic rings. The first-order valence-corrected chi connectivity index (χ1v) is 6.99. The van der Waals surface area contributed by atoms with Gasteiger partial charge in [0.15, 0.2) is 0 Å². The Bertz CT molecular complexity index is 765. The molecule has 2 aromatic heterocycles. The van der Waals surface area contributed by atoms with E-state index in [9.17, 15) is 0 Å². The van der Waals surface area contributed by atoms with Crippen molar-refractivity contribution < 1.29 is 0 Å². The van der Waals surface area contributed by atoms with Crippen LogP contribution in [0.3, 0.4) is 0 Å². The summed E-state index contributed by atoms with van der Waals surface area (Å²) in [4.78, 5) is 12.1. The molecule has 5 heteroatoms. The lowest BCUT2D eigenvalue weighted by Gasteiger charge is -2.16. The molecule has 0 saturated heterocycles. The molecule has 4 nitrogen and oxygen atoms in total. The monoisotopic (exact) mass is 268 g/mol. The SMILES string of the molecule is Nc1ccc2c(c1)CN(c1ncnc3sccc13)C2. The van der Waals surface area contributed by atoms with E-state index in [1.165, 1.54) is 11.1 Å². The molecule has 0 bridgehead atoms. The van der Waals surface area contributed by atoms with Crippen LogP contribution in [0.4, 0.5) is 11.5 Å². The van der Waals surface area contributed by atoms with Crippen LogP contribution in [0.25, 0.3) is 10.2 Å². The van der Waals surface area contributed by atoms with Crippen molar-refractivity contribution in [2.45, 2.75) is 13.1 Å². The van der Waals surface area contributed by atoms with Crippen molar-refractivity contribution in [1.29, 1.82) is 0 Å². The highest BCUT2D eigenvalue weighted by atomic mass is 32.1. The molecule has 4 rings (SSSR count). The van der Waals surface area contributed by atoms with Crippen LogP contribution in [-0.2, 0) is 13.1 Å². The van der Waals surface area contributed by atoms with Crippen LogP contribution in [0.15, 0.2) is 36.0 Å². The van der Waals surface area contributed by atoms with E-state index in [1.54, 1.807) is 17.7 Å². The smallest absolute Gasteiger partial charge is 0.141 e. The molecule has 0 atom stereocenters. The number of aromatic nitrogens is 2. The normalized spacial score (nSPS) is 14.0. The molecule has 1 aliphatic heterocycles. The Kier molecular flexibility index (Phi) is 2.22. The summed E-state index contributed by atoms with van der Waals surface area (Å²) in [5.41, 5.74) is 9.29. The molecule has 0 fully saturated rings. The molecule has 3 heterocycles. The topological polar surface area (TPSA) is 55.0 Å². The summed E-state index contributed by atoms with van der Waals surface area (Å²) in [7, 11) is 0. The summed E-state index contributed by atoms with van der Waals surface area (Å²) >= 11 is 1.65. The number of nitrogen functional groups attached to an aromatic ring is 1. The predicted octanol–water partition coefficient (Wildman–Crippen LogP) is 2.79. The predicted molar refractivity (Wildman–Crippen MR) is 78.2 cm³/mol. The van der Waals surface area contributed by atoms with Crippen LogP contribution >= 0.6 is 11.3 Å². The summed E-state index contributed by atoms with van der Waals surface area (Å²) < 4.78 is 0. The van der Waals surface area contributed by atoms with Gasteiger partial charge in [0.25, 0.3) is 0 Å². The zero-order valence-corrected chi connectivity index (χ0v) is 11.0. The average Bonchev–Trinajstić information content (AvgIpc) is 3.03. The standard InChI is InChI=1S/C14H12N4S/c15-11-2-1-9-6-18(7-10(9)5-11)13-12-3-4-19-14(12)17-8-16-13/h1-5,8H,6-7,15H2. The molecule has 0 radical (unpaired) electrons. The van der Waals surface area contributed by atoms with Gasteiger partial charge < -0.3 is 10.6 Å². The quantitative estimate of drug-likeness (QED) is 0.689. The number of nitrogens with two attached hydrogens (primary N) is 1. The number of thiophene rings is 1. The van der Waals surface area contributed by atoms with Crippen LogP contribution in [0.2, 0.25) is 0 Å². The first-order chi connectivity index (χ1) is 9.31. The average molecular weight is 268 g/mol. The van der Waals surface area contributed by atoms with E-state index in [0.29, 0.717) is 0 Å². The Hall–Kier alpha value is -2.14. The fourth-order valence-electron chi connectivity index (χ4n) is 2.59. The summed E-state index contributed by atoms with van der Waals surface area (Å²) in [6.07, 6.45) is 1.64. The Morgan fingerprint density at radius 1 is 1.11 bits per heavy atom. The van der Waals surface area contributed by atoms with Gasteiger partial charge in [0, 0.05) is 18.8 Å². The molecule has 19 heavy (non-hydrogen) atoms. The second kappa shape index (κ2) is 3.93. The minimum absolute atomic E-state index is 0.823. The third-order valence-electron chi connectivity index (χ3n) is 3.49. The highest BCUT2D eigenvalue weighted by Crippen LogP contribution is 2.33. The van der Waals surface area contributed by atoms with Gasteiger partial charge in [0.2, 0.25) is 0 Å². The van der Waals surface area contributed by atoms with E-state index in [0.717, 1.165) is 34.8 Å². The number of nitrogens with zero attached hydrogens (tertiary/aromatic N) is 3. The van der Waals surface area contributed by atoms with E-state index in [4.69, 9.17) is 5.73 Å². The van der Waals surface area contributed by atoms with Gasteiger partial charge >= 0.3 is 0 Å². The van der Waals surface area contributed by atoms with Crippen LogP contribution in [0, 0.1) is 0 Å². The van der Waals surface area contributed by atoms with Crippen LogP contribution < -0.4 is 10.6 Å². The van der Waals surface area contributed by atoms with Crippen molar-refractivity contribution in [1.82, 2.24) is 9.97 Å². The maximum atomic E-state index is 5.85. The number of hydrogen-bond acceptors (Lipinski definition) is 5. The third kappa shape index (κ3) is 1.66. The Morgan fingerprint density at radius 2 is 2.00 bits per heavy atom. The molecule has 2 N–H and O–H groups in total. The minimum Gasteiger partial charge on any atom is -0.399 e. The molecule has 0 spiro atoms. The Morgan fingerprint density at radius 3 is 2.95 bits per heavy atom. The first-order valence-electron chi connectivity index (χ1n) is 6.12. The van der Waals surface area contributed by atoms with Gasteiger partial charge in [0.1, 0.15) is 17.0 Å². The molecule has 0 unspecified atom stereocenters. The first kappa shape index (κ1) is 10.8. The van der Waals surface area contributed by atoms with E-state index in [1.807, 2.05) is 6.07 Å². The highest BCUT2D eigenvalue weighted by molar-refractivity contribution is 7.16. The zero-order chi connectivity index (χ0) is 12.8. The van der Waals surface area contributed by atoms with Gasteiger partial charge in [-0.05, 0) is 34.7 Å². The molecule has 0 aliphatic carbocycles. The molecule has 0 amide bonds. The van der Waals surface area contributed by atoms with Crippen molar-refractivity contribution in [2.75, 3.05) is 10.6 Å². The molecular formula is C14H12N4S. The van der Waals surface area contributed by atoms with Crippen LogP contribution in [0.1, 0.15) is 11.1 Å². The second-order valence-corrected chi connectivity index (χ2v) is 5.62. The Labute approximate surface area is 114 Å². The van der Waals surface area contributed by atoms with E-state index < -0.39 is 0 Å². The molecule has 3 aromatic rings. The number of anilines is 2. The fraction of sp³-hybridized carbons (Fsp3) is 0.143. The molecule has 1 aromatic carbocycles. The second-order valence-electron chi connectivity index (χ2n) is 4.72. The maximum Gasteiger partial charge on any atom is 0.141 e. The molecule has 94 valence electrons. The summed E-state index contributed by atoms with van der Waals surface area (Å²) in [5, 5.41) is 3.19. The summed E-state index contributed by atoms with van der Waals surface area (Å²) in [6, 6.07) is 8.22. The van der Waals surface area contributed by atoms with E-state index in [2.05, 4.69) is 38.4 Å². The van der Waals surface area contributed by atoms with Gasteiger partial charge in [-0.3, -0.25) is 0 Å². The van der Waals surface area contributed by atoms with Gasteiger partial charge in [-0.1, -0.05) is 6.07 Å². The Balaban J connectivity index is 1.78. The van der Waals surface area contributed by atoms with Crippen molar-refractivity contribution in [2.24, 2.45) is 0 Å². The van der Waals surface area contributed by atoms with Crippen LogP contribution in [-0.4, -0.2) is 9.97 Å². The van der Waals surface area contributed by atoms with Crippen molar-refractivity contribution in [3.05, 3.63) is 47.1 Å². The minimum atomic E-state index is 0.823. The lowest BCUT2D eigenvalue weighted by molar-refractivity contribution is 0.860. The van der Waals surface area contributed by atoms with Crippen molar-refractivity contribution in [3.63, 3.8) is 0 Å². The summed E-state index contributed by atoms with van der Waals surface area (Å²) in [5.74, 6) is 1.01. The van der Waals surface area contributed by atoms with Gasteiger partial charge in [-0.2, -0.15) is 0 Å². The lowest BCUT2D eigenvalue weighted by Crippen LogP contribution is -2.16. The molecule has 0 saturated carbocycles. The fourth-order valence-corrected chi connectivity index (χ4v) is 3.32. The third-order valence-corrected chi connectivity index (χ3v) is 4.31. The molecular weight excluding hydrogens is 256 g/mol. The van der Waals surface area contributed by atoms with Gasteiger partial charge in [-0.15, -0.1) is 11.3 Å². The number of rotatable bonds is 1. The number of fused-ring (bicyclic) bond motifs is 2. The van der Waals surface area contributed by atoms with E-state index >= 15 is 0 Å². The van der Waals surface area contributed by atoms with Crippen molar-refractivity contribution >= 4 is 33.1 Å². The zero-order valence-electron chi connectivity index (χ0n) is 10.2. The van der Waals surface area contributed by atoms with Crippen molar-refractivity contribution in [3.8, 4) is 0 Å².